The van der Waals surface area contributed by atoms with Crippen molar-refractivity contribution < 1.29 is 19.5 Å². The predicted octanol–water partition coefficient (Wildman–Crippen LogP) is 6.34. The van der Waals surface area contributed by atoms with E-state index in [4.69, 9.17) is 5.11 Å². The Bertz CT molecular complexity index is 1550. The summed E-state index contributed by atoms with van der Waals surface area (Å²) in [7, 11) is 0. The summed E-state index contributed by atoms with van der Waals surface area (Å²) in [5.74, 6) is -0.610. The number of nitrogens with zero attached hydrogens (tertiary/aromatic N) is 3. The second kappa shape index (κ2) is 12.3. The van der Waals surface area contributed by atoms with Gasteiger partial charge in [-0.05, 0) is 86.1 Å². The molecule has 4 aromatic rings. The van der Waals surface area contributed by atoms with Gasteiger partial charge in [0.2, 0.25) is 5.91 Å². The van der Waals surface area contributed by atoms with Gasteiger partial charge in [-0.1, -0.05) is 26.0 Å². The third-order valence-corrected chi connectivity index (χ3v) is 7.12. The lowest BCUT2D eigenvalue weighted by Crippen LogP contribution is -2.24. The lowest BCUT2D eigenvalue weighted by molar-refractivity contribution is -0.137. The van der Waals surface area contributed by atoms with E-state index in [1.54, 1.807) is 6.20 Å². The lowest BCUT2D eigenvalue weighted by atomic mass is 9.99. The standard InChI is InChI=1S/C32H38N4O4/c1-20(2)13-30(37)26-11-12-29-27(15-26)22(4)18-36(29)23(5)32(40)34-28-14-24(19-35-17-21(3)16-33-35)9-10-25(28)7-6-8-31(38)39/h9-12,14-18,20,23H,6-8,13,19H2,1-5H3,(H,34,40)(H,38,39). The van der Waals surface area contributed by atoms with Crippen LogP contribution in [0.5, 0.6) is 0 Å². The van der Waals surface area contributed by atoms with Gasteiger partial charge >= 0.3 is 5.97 Å². The van der Waals surface area contributed by atoms with Crippen LogP contribution < -0.4 is 5.32 Å². The molecule has 4 rings (SSSR count). The van der Waals surface area contributed by atoms with Crippen LogP contribution >= 0.6 is 0 Å². The number of anilines is 1. The van der Waals surface area contributed by atoms with Gasteiger partial charge in [0.05, 0.1) is 12.7 Å². The minimum atomic E-state index is -0.839. The quantitative estimate of drug-likeness (QED) is 0.203. The van der Waals surface area contributed by atoms with E-state index in [9.17, 15) is 14.4 Å². The normalized spacial score (nSPS) is 12.2. The van der Waals surface area contributed by atoms with E-state index in [0.29, 0.717) is 37.1 Å². The third kappa shape index (κ3) is 6.86. The maximum Gasteiger partial charge on any atom is 0.303 e. The molecular formula is C32H38N4O4. The number of amides is 1. The van der Waals surface area contributed by atoms with Crippen LogP contribution in [0.25, 0.3) is 10.9 Å². The Hall–Kier alpha value is -4.20. The molecule has 0 saturated heterocycles. The minimum Gasteiger partial charge on any atom is -0.481 e. The maximum atomic E-state index is 13.6. The third-order valence-electron chi connectivity index (χ3n) is 7.12. The number of benzene rings is 2. The molecular weight excluding hydrogens is 504 g/mol. The van der Waals surface area contributed by atoms with Crippen molar-refractivity contribution in [1.29, 1.82) is 0 Å². The fourth-order valence-corrected chi connectivity index (χ4v) is 5.00. The number of Topliss-reactive ketones (excluding diaryl/α,β-unsaturated/α-hetero) is 1. The highest BCUT2D eigenvalue weighted by atomic mass is 16.4. The highest BCUT2D eigenvalue weighted by Gasteiger charge is 2.21. The molecule has 8 heteroatoms. The molecule has 0 aliphatic heterocycles. The molecule has 2 aromatic carbocycles. The van der Waals surface area contributed by atoms with Crippen molar-refractivity contribution >= 4 is 34.3 Å². The summed E-state index contributed by atoms with van der Waals surface area (Å²) in [5.41, 5.74) is 6.20. The van der Waals surface area contributed by atoms with Gasteiger partial charge in [0.1, 0.15) is 6.04 Å². The van der Waals surface area contributed by atoms with Gasteiger partial charge in [-0.25, -0.2) is 0 Å². The maximum absolute atomic E-state index is 13.6. The highest BCUT2D eigenvalue weighted by molar-refractivity contribution is 6.01. The van der Waals surface area contributed by atoms with Crippen molar-refractivity contribution in [3.8, 4) is 0 Å². The number of aryl methyl sites for hydroxylation is 3. The average Bonchev–Trinajstić information content (AvgIpc) is 3.46. The van der Waals surface area contributed by atoms with Gasteiger partial charge in [0.25, 0.3) is 0 Å². The SMILES string of the molecule is Cc1cnn(Cc2ccc(CCCC(=O)O)c(NC(=O)C(C)n3cc(C)c4cc(C(=O)CC(C)C)ccc43)c2)c1. The van der Waals surface area contributed by atoms with Crippen LogP contribution in [-0.2, 0) is 22.6 Å². The molecule has 1 amide bonds. The lowest BCUT2D eigenvalue weighted by Gasteiger charge is -2.18. The highest BCUT2D eigenvalue weighted by Crippen LogP contribution is 2.28. The van der Waals surface area contributed by atoms with Gasteiger partial charge in [-0.3, -0.25) is 19.1 Å². The van der Waals surface area contributed by atoms with Gasteiger partial charge in [-0.15, -0.1) is 0 Å². The topological polar surface area (TPSA) is 106 Å². The van der Waals surface area contributed by atoms with Crippen LogP contribution in [0, 0.1) is 19.8 Å². The number of carboxylic acids is 1. The number of hydrogen-bond donors (Lipinski definition) is 2. The minimum absolute atomic E-state index is 0.0639. The van der Waals surface area contributed by atoms with Gasteiger partial charge < -0.3 is 15.0 Å². The van der Waals surface area contributed by atoms with E-state index in [0.717, 1.165) is 33.2 Å². The van der Waals surface area contributed by atoms with Crippen molar-refractivity contribution in [1.82, 2.24) is 14.3 Å². The first kappa shape index (κ1) is 28.8. The number of aliphatic carboxylic acids is 1. The molecule has 0 bridgehead atoms. The summed E-state index contributed by atoms with van der Waals surface area (Å²) in [4.78, 5) is 37.3. The largest absolute Gasteiger partial charge is 0.481 e. The zero-order chi connectivity index (χ0) is 29.0. The monoisotopic (exact) mass is 542 g/mol. The number of hydrogen-bond acceptors (Lipinski definition) is 4. The number of ketones is 1. The van der Waals surface area contributed by atoms with Crippen LogP contribution in [-0.4, -0.2) is 37.1 Å². The molecule has 2 N–H and O–H groups in total. The Morgan fingerprint density at radius 2 is 1.80 bits per heavy atom. The Kier molecular flexibility index (Phi) is 8.87. The Labute approximate surface area is 235 Å². The molecule has 1 atom stereocenters. The number of carboxylic acid groups (broad SMARTS) is 1. The first-order valence-electron chi connectivity index (χ1n) is 13.8. The Morgan fingerprint density at radius 1 is 1.02 bits per heavy atom. The predicted molar refractivity (Wildman–Crippen MR) is 157 cm³/mol. The van der Waals surface area contributed by atoms with Crippen molar-refractivity contribution in [3.63, 3.8) is 0 Å². The van der Waals surface area contributed by atoms with E-state index in [1.807, 2.05) is 92.7 Å². The van der Waals surface area contributed by atoms with Crippen LogP contribution in [0.4, 0.5) is 5.69 Å². The summed E-state index contributed by atoms with van der Waals surface area (Å²) in [6.45, 7) is 10.4. The molecule has 40 heavy (non-hydrogen) atoms. The molecule has 0 radical (unpaired) electrons. The molecule has 1 unspecified atom stereocenters. The van der Waals surface area contributed by atoms with Gasteiger partial charge in [-0.2, -0.15) is 5.10 Å². The molecule has 0 aliphatic carbocycles. The molecule has 0 aliphatic rings. The molecule has 0 fully saturated rings. The molecule has 210 valence electrons. The van der Waals surface area contributed by atoms with E-state index in [2.05, 4.69) is 10.4 Å². The molecule has 2 heterocycles. The van der Waals surface area contributed by atoms with Crippen LogP contribution in [0.1, 0.15) is 78.7 Å². The zero-order valence-electron chi connectivity index (χ0n) is 23.9. The number of rotatable bonds is 12. The molecule has 8 nitrogen and oxygen atoms in total. The number of fused-ring (bicyclic) bond motifs is 1. The van der Waals surface area contributed by atoms with Gasteiger partial charge in [0, 0.05) is 47.4 Å². The fraction of sp³-hybridized carbons (Fsp3) is 0.375. The summed E-state index contributed by atoms with van der Waals surface area (Å²) >= 11 is 0. The van der Waals surface area contributed by atoms with E-state index < -0.39 is 12.0 Å². The second-order valence-corrected chi connectivity index (χ2v) is 11.1. The molecule has 0 spiro atoms. The summed E-state index contributed by atoms with van der Waals surface area (Å²) in [5, 5.41) is 17.5. The Morgan fingerprint density at radius 3 is 2.48 bits per heavy atom. The zero-order valence-corrected chi connectivity index (χ0v) is 23.9. The van der Waals surface area contributed by atoms with Crippen molar-refractivity contribution in [2.45, 2.75) is 72.9 Å². The van der Waals surface area contributed by atoms with Crippen molar-refractivity contribution in [2.75, 3.05) is 5.32 Å². The average molecular weight is 543 g/mol. The van der Waals surface area contributed by atoms with E-state index in [1.165, 1.54) is 0 Å². The second-order valence-electron chi connectivity index (χ2n) is 11.1. The van der Waals surface area contributed by atoms with Crippen LogP contribution in [0.15, 0.2) is 55.0 Å². The van der Waals surface area contributed by atoms with E-state index >= 15 is 0 Å². The van der Waals surface area contributed by atoms with Crippen molar-refractivity contribution in [3.05, 3.63) is 82.8 Å². The fourth-order valence-electron chi connectivity index (χ4n) is 5.00. The van der Waals surface area contributed by atoms with Crippen molar-refractivity contribution in [2.24, 2.45) is 5.92 Å². The molecule has 2 aromatic heterocycles. The number of carbonyl (C=O) groups excluding carboxylic acids is 2. The summed E-state index contributed by atoms with van der Waals surface area (Å²) in [6.07, 6.45) is 7.29. The Balaban J connectivity index is 1.59. The van der Waals surface area contributed by atoms with E-state index in [-0.39, 0.29) is 24.0 Å². The number of carbonyl (C=O) groups is 3. The molecule has 0 saturated carbocycles. The summed E-state index contributed by atoms with van der Waals surface area (Å²) < 4.78 is 3.79. The first-order chi connectivity index (χ1) is 19.0. The number of nitrogens with one attached hydrogen (secondary N) is 1. The van der Waals surface area contributed by atoms with Crippen LogP contribution in [0.2, 0.25) is 0 Å². The first-order valence-corrected chi connectivity index (χ1v) is 13.8. The summed E-state index contributed by atoms with van der Waals surface area (Å²) in [6, 6.07) is 11.1. The smallest absolute Gasteiger partial charge is 0.303 e. The number of aromatic nitrogens is 3. The van der Waals surface area contributed by atoms with Gasteiger partial charge in [0.15, 0.2) is 5.78 Å². The van der Waals surface area contributed by atoms with Crippen LogP contribution in [0.3, 0.4) is 0 Å².